The summed E-state index contributed by atoms with van der Waals surface area (Å²) < 4.78 is 8.34. The molecular formula is C21H19N5O3. The standard InChI is InChI=1S/C21H19N5O3/c1-3-29-21(28)19-20(27)16-6-4-5-7-18(16)26(24-19)12-14-8-9-17(22-10-14)15-11-23-25(2)13-15/h4-11,13H,3,12H2,1-2H3. The van der Waals surface area contributed by atoms with E-state index in [1.54, 1.807) is 46.9 Å². The molecular weight excluding hydrogens is 370 g/mol. The van der Waals surface area contributed by atoms with Gasteiger partial charge >= 0.3 is 5.97 Å². The largest absolute Gasteiger partial charge is 0.461 e. The fourth-order valence-corrected chi connectivity index (χ4v) is 3.11. The van der Waals surface area contributed by atoms with Gasteiger partial charge in [0.1, 0.15) is 0 Å². The van der Waals surface area contributed by atoms with Crippen LogP contribution in [0.4, 0.5) is 0 Å². The van der Waals surface area contributed by atoms with Gasteiger partial charge in [0.25, 0.3) is 0 Å². The van der Waals surface area contributed by atoms with E-state index in [2.05, 4.69) is 15.2 Å². The van der Waals surface area contributed by atoms with Crippen LogP contribution in [0.5, 0.6) is 0 Å². The summed E-state index contributed by atoms with van der Waals surface area (Å²) in [5, 5.41) is 8.86. The molecule has 3 heterocycles. The molecule has 0 radical (unpaired) electrons. The maximum absolute atomic E-state index is 12.7. The number of carbonyl (C=O) groups excluding carboxylic acids is 1. The topological polar surface area (TPSA) is 91.9 Å². The molecule has 0 fully saturated rings. The molecule has 0 unspecified atom stereocenters. The molecule has 0 aliphatic rings. The first kappa shape index (κ1) is 18.5. The van der Waals surface area contributed by atoms with Crippen molar-refractivity contribution in [2.75, 3.05) is 6.61 Å². The van der Waals surface area contributed by atoms with Crippen molar-refractivity contribution in [2.24, 2.45) is 7.05 Å². The summed E-state index contributed by atoms with van der Waals surface area (Å²) in [4.78, 5) is 29.4. The molecule has 0 amide bonds. The van der Waals surface area contributed by atoms with E-state index in [1.807, 2.05) is 31.4 Å². The minimum absolute atomic E-state index is 0.173. The van der Waals surface area contributed by atoms with Crippen LogP contribution in [0.2, 0.25) is 0 Å². The smallest absolute Gasteiger partial charge is 0.362 e. The van der Waals surface area contributed by atoms with Crippen LogP contribution in [-0.2, 0) is 18.3 Å². The molecule has 0 bridgehead atoms. The number of esters is 1. The Morgan fingerprint density at radius 2 is 1.97 bits per heavy atom. The Bertz CT molecular complexity index is 1240. The summed E-state index contributed by atoms with van der Waals surface area (Å²) in [6.45, 7) is 2.22. The number of carbonyl (C=O) groups is 1. The fraction of sp³-hybridized carbons (Fsp3) is 0.190. The second-order valence-electron chi connectivity index (χ2n) is 6.53. The lowest BCUT2D eigenvalue weighted by Crippen LogP contribution is -2.25. The summed E-state index contributed by atoms with van der Waals surface area (Å²) in [5.41, 5.74) is 2.61. The van der Waals surface area contributed by atoms with Crippen molar-refractivity contribution in [2.45, 2.75) is 13.5 Å². The molecule has 0 aliphatic heterocycles. The Kier molecular flexibility index (Phi) is 4.90. The minimum atomic E-state index is -0.720. The van der Waals surface area contributed by atoms with E-state index in [4.69, 9.17) is 4.74 Å². The van der Waals surface area contributed by atoms with Gasteiger partial charge in [0.15, 0.2) is 0 Å². The second kappa shape index (κ2) is 7.67. The third-order valence-corrected chi connectivity index (χ3v) is 4.49. The van der Waals surface area contributed by atoms with Crippen LogP contribution in [0.1, 0.15) is 23.0 Å². The van der Waals surface area contributed by atoms with Crippen LogP contribution in [0, 0.1) is 0 Å². The highest BCUT2D eigenvalue weighted by molar-refractivity contribution is 5.91. The lowest BCUT2D eigenvalue weighted by molar-refractivity contribution is 0.0515. The number of aryl methyl sites for hydroxylation is 1. The summed E-state index contributed by atoms with van der Waals surface area (Å²) in [6, 6.07) is 10.9. The van der Waals surface area contributed by atoms with Crippen molar-refractivity contribution in [1.29, 1.82) is 0 Å². The highest BCUT2D eigenvalue weighted by Gasteiger charge is 2.18. The molecule has 0 saturated heterocycles. The fourth-order valence-electron chi connectivity index (χ4n) is 3.11. The average Bonchev–Trinajstić information content (AvgIpc) is 3.17. The van der Waals surface area contributed by atoms with E-state index in [1.165, 1.54) is 0 Å². The molecule has 1 aromatic carbocycles. The first-order valence-electron chi connectivity index (χ1n) is 9.17. The normalized spacial score (nSPS) is 11.0. The zero-order valence-electron chi connectivity index (χ0n) is 16.1. The summed E-state index contributed by atoms with van der Waals surface area (Å²) in [5.74, 6) is -0.720. The Morgan fingerprint density at radius 1 is 1.14 bits per heavy atom. The highest BCUT2D eigenvalue weighted by atomic mass is 16.5. The number of ether oxygens (including phenoxy) is 1. The summed E-state index contributed by atoms with van der Waals surface area (Å²) in [7, 11) is 1.85. The molecule has 0 spiro atoms. The van der Waals surface area contributed by atoms with Crippen LogP contribution in [0.25, 0.3) is 22.2 Å². The molecule has 3 aromatic heterocycles. The van der Waals surface area contributed by atoms with Crippen molar-refractivity contribution < 1.29 is 9.53 Å². The number of para-hydroxylation sites is 1. The third kappa shape index (κ3) is 3.64. The van der Waals surface area contributed by atoms with E-state index in [9.17, 15) is 9.59 Å². The SMILES string of the molecule is CCOC(=O)c1nn(Cc2ccc(-c3cnn(C)c3)nc2)c2ccccc2c1=O. The number of hydrogen-bond donors (Lipinski definition) is 0. The number of fused-ring (bicyclic) bond motifs is 1. The van der Waals surface area contributed by atoms with E-state index in [0.29, 0.717) is 17.4 Å². The molecule has 0 saturated carbocycles. The molecule has 0 aliphatic carbocycles. The van der Waals surface area contributed by atoms with Crippen LogP contribution < -0.4 is 5.43 Å². The molecule has 0 N–H and O–H groups in total. The third-order valence-electron chi connectivity index (χ3n) is 4.49. The van der Waals surface area contributed by atoms with Crippen molar-refractivity contribution in [1.82, 2.24) is 24.5 Å². The molecule has 8 heteroatoms. The predicted molar refractivity (Wildman–Crippen MR) is 108 cm³/mol. The second-order valence-corrected chi connectivity index (χ2v) is 6.53. The lowest BCUT2D eigenvalue weighted by Gasteiger charge is -2.12. The van der Waals surface area contributed by atoms with Gasteiger partial charge in [0.2, 0.25) is 11.1 Å². The van der Waals surface area contributed by atoms with Crippen molar-refractivity contribution in [3.8, 4) is 11.3 Å². The first-order chi connectivity index (χ1) is 14.1. The predicted octanol–water partition coefficient (Wildman–Crippen LogP) is 2.42. The maximum Gasteiger partial charge on any atom is 0.362 e. The van der Waals surface area contributed by atoms with Gasteiger partial charge in [-0.05, 0) is 30.7 Å². The van der Waals surface area contributed by atoms with Gasteiger partial charge in [0.05, 0.1) is 30.6 Å². The van der Waals surface area contributed by atoms with Gasteiger partial charge in [0, 0.05) is 30.4 Å². The van der Waals surface area contributed by atoms with Crippen molar-refractivity contribution in [3.63, 3.8) is 0 Å². The number of nitrogens with zero attached hydrogens (tertiary/aromatic N) is 5. The van der Waals surface area contributed by atoms with Gasteiger partial charge in [-0.3, -0.25) is 19.1 Å². The van der Waals surface area contributed by atoms with Gasteiger partial charge < -0.3 is 4.74 Å². The average molecular weight is 389 g/mol. The van der Waals surface area contributed by atoms with Gasteiger partial charge in [-0.25, -0.2) is 4.79 Å². The lowest BCUT2D eigenvalue weighted by atomic mass is 10.1. The molecule has 4 rings (SSSR count). The summed E-state index contributed by atoms with van der Waals surface area (Å²) in [6.07, 6.45) is 5.40. The van der Waals surface area contributed by atoms with Crippen LogP contribution in [-0.4, -0.2) is 37.1 Å². The minimum Gasteiger partial charge on any atom is -0.461 e. The zero-order valence-corrected chi connectivity index (χ0v) is 16.1. The zero-order chi connectivity index (χ0) is 20.4. The van der Waals surface area contributed by atoms with E-state index in [-0.39, 0.29) is 12.3 Å². The molecule has 146 valence electrons. The van der Waals surface area contributed by atoms with E-state index < -0.39 is 11.4 Å². The number of benzene rings is 1. The Labute approximate surface area is 166 Å². The number of pyridine rings is 1. The van der Waals surface area contributed by atoms with Crippen LogP contribution in [0.3, 0.4) is 0 Å². The van der Waals surface area contributed by atoms with Gasteiger partial charge in [-0.15, -0.1) is 0 Å². The monoisotopic (exact) mass is 389 g/mol. The van der Waals surface area contributed by atoms with Crippen molar-refractivity contribution in [3.05, 3.63) is 76.5 Å². The number of rotatable bonds is 5. The molecule has 4 aromatic rings. The van der Waals surface area contributed by atoms with Crippen LogP contribution in [0.15, 0.2) is 59.8 Å². The molecule has 0 atom stereocenters. The Balaban J connectivity index is 1.72. The first-order valence-corrected chi connectivity index (χ1v) is 9.17. The quantitative estimate of drug-likeness (QED) is 0.487. The van der Waals surface area contributed by atoms with Gasteiger partial charge in [-0.2, -0.15) is 10.2 Å². The van der Waals surface area contributed by atoms with Gasteiger partial charge in [-0.1, -0.05) is 18.2 Å². The maximum atomic E-state index is 12.7. The highest BCUT2D eigenvalue weighted by Crippen LogP contribution is 2.17. The Morgan fingerprint density at radius 3 is 2.66 bits per heavy atom. The molecule has 8 nitrogen and oxygen atoms in total. The number of hydrogen-bond acceptors (Lipinski definition) is 6. The van der Waals surface area contributed by atoms with Crippen molar-refractivity contribution >= 4 is 16.9 Å². The summed E-state index contributed by atoms with van der Waals surface area (Å²) >= 11 is 0. The Hall–Kier alpha value is -3.81. The molecule has 29 heavy (non-hydrogen) atoms. The van der Waals surface area contributed by atoms with Crippen LogP contribution >= 0.6 is 0 Å². The van der Waals surface area contributed by atoms with E-state index >= 15 is 0 Å². The van der Waals surface area contributed by atoms with E-state index in [0.717, 1.165) is 16.8 Å². The number of aromatic nitrogens is 5.